The van der Waals surface area contributed by atoms with Gasteiger partial charge in [-0.25, -0.2) is 0 Å². The number of amides is 1. The van der Waals surface area contributed by atoms with E-state index in [1.54, 1.807) is 0 Å². The van der Waals surface area contributed by atoms with E-state index in [0.29, 0.717) is 17.8 Å². The molecule has 6 heteroatoms. The summed E-state index contributed by atoms with van der Waals surface area (Å²) in [5.41, 5.74) is 0.605. The number of carbonyl (C=O) groups is 1. The van der Waals surface area contributed by atoms with Crippen molar-refractivity contribution in [3.05, 3.63) is 18.0 Å². The topological polar surface area (TPSA) is 53.4 Å². The molecule has 0 aliphatic carbocycles. The summed E-state index contributed by atoms with van der Waals surface area (Å²) in [5.74, 6) is 0.103. The first kappa shape index (κ1) is 15.1. The Morgan fingerprint density at radius 1 is 1.26 bits per heavy atom. The maximum absolute atomic E-state index is 12.9. The van der Waals surface area contributed by atoms with Crippen LogP contribution in [0, 0.1) is 0 Å². The van der Waals surface area contributed by atoms with Crippen molar-refractivity contribution < 1.29 is 4.79 Å². The molecular weight excluding hydrogens is 290 g/mol. The Morgan fingerprint density at radius 2 is 2.13 bits per heavy atom. The second kappa shape index (κ2) is 6.24. The summed E-state index contributed by atoms with van der Waals surface area (Å²) in [7, 11) is 0. The highest BCUT2D eigenvalue weighted by molar-refractivity contribution is 5.92. The number of piperidine rings is 1. The molecule has 1 N–H and O–H groups in total. The van der Waals surface area contributed by atoms with Crippen molar-refractivity contribution >= 4 is 5.91 Å². The lowest BCUT2D eigenvalue weighted by Crippen LogP contribution is -2.56. The van der Waals surface area contributed by atoms with Crippen LogP contribution in [0.3, 0.4) is 0 Å². The third-order valence-electron chi connectivity index (χ3n) is 5.67. The molecule has 1 aromatic rings. The molecule has 3 aliphatic heterocycles. The van der Waals surface area contributed by atoms with Gasteiger partial charge >= 0.3 is 0 Å². The standard InChI is InChI=1S/C17H27N5O/c1-13-11-20-8-3-5-15(20)12-21(13)17(23)16-6-9-22(19-16)14-4-2-7-18-10-14/h6,9,13-15,18H,2-5,7-8,10-12H2,1H3. The maximum Gasteiger partial charge on any atom is 0.274 e. The number of hydrogen-bond acceptors (Lipinski definition) is 4. The first-order valence-electron chi connectivity index (χ1n) is 9.03. The quantitative estimate of drug-likeness (QED) is 0.888. The maximum atomic E-state index is 12.9. The number of hydrogen-bond donors (Lipinski definition) is 1. The lowest BCUT2D eigenvalue weighted by Gasteiger charge is -2.42. The van der Waals surface area contributed by atoms with Gasteiger partial charge < -0.3 is 10.2 Å². The van der Waals surface area contributed by atoms with Gasteiger partial charge in [-0.05, 0) is 51.8 Å². The molecule has 0 bridgehead atoms. The van der Waals surface area contributed by atoms with Crippen molar-refractivity contribution in [2.24, 2.45) is 0 Å². The van der Waals surface area contributed by atoms with Crippen LogP contribution in [0.25, 0.3) is 0 Å². The predicted molar refractivity (Wildman–Crippen MR) is 88.5 cm³/mol. The summed E-state index contributed by atoms with van der Waals surface area (Å²) >= 11 is 0. The third-order valence-corrected chi connectivity index (χ3v) is 5.67. The van der Waals surface area contributed by atoms with E-state index < -0.39 is 0 Å². The molecule has 1 aromatic heterocycles. The van der Waals surface area contributed by atoms with Gasteiger partial charge in [0.1, 0.15) is 5.69 Å². The van der Waals surface area contributed by atoms with Gasteiger partial charge in [0.15, 0.2) is 0 Å². The van der Waals surface area contributed by atoms with E-state index in [4.69, 9.17) is 0 Å². The van der Waals surface area contributed by atoms with Crippen LogP contribution in [-0.2, 0) is 0 Å². The molecular formula is C17H27N5O. The summed E-state index contributed by atoms with van der Waals surface area (Å²) in [6.45, 7) is 7.26. The van der Waals surface area contributed by atoms with Crippen LogP contribution in [0.15, 0.2) is 12.3 Å². The van der Waals surface area contributed by atoms with Crippen molar-refractivity contribution in [1.82, 2.24) is 24.9 Å². The van der Waals surface area contributed by atoms with Crippen LogP contribution < -0.4 is 5.32 Å². The lowest BCUT2D eigenvalue weighted by molar-refractivity contribution is 0.0389. The number of rotatable bonds is 2. The molecule has 126 valence electrons. The fourth-order valence-corrected chi connectivity index (χ4v) is 4.33. The molecule has 23 heavy (non-hydrogen) atoms. The average Bonchev–Trinajstić information content (AvgIpc) is 3.23. The largest absolute Gasteiger partial charge is 0.332 e. The molecule has 3 saturated heterocycles. The zero-order chi connectivity index (χ0) is 15.8. The molecule has 0 saturated carbocycles. The van der Waals surface area contributed by atoms with Crippen molar-refractivity contribution in [1.29, 1.82) is 0 Å². The van der Waals surface area contributed by atoms with E-state index in [1.165, 1.54) is 25.8 Å². The third kappa shape index (κ3) is 2.90. The van der Waals surface area contributed by atoms with Crippen LogP contribution >= 0.6 is 0 Å². The van der Waals surface area contributed by atoms with Crippen LogP contribution in [0.1, 0.15) is 49.1 Å². The van der Waals surface area contributed by atoms with Crippen molar-refractivity contribution in [2.45, 2.75) is 50.7 Å². The normalized spacial score (nSPS) is 32.0. The van der Waals surface area contributed by atoms with E-state index in [0.717, 1.165) is 32.6 Å². The van der Waals surface area contributed by atoms with Crippen molar-refractivity contribution in [3.8, 4) is 0 Å². The van der Waals surface area contributed by atoms with Crippen molar-refractivity contribution in [3.63, 3.8) is 0 Å². The van der Waals surface area contributed by atoms with Crippen LogP contribution in [0.2, 0.25) is 0 Å². The first-order chi connectivity index (χ1) is 11.2. The van der Waals surface area contributed by atoms with Crippen LogP contribution in [0.5, 0.6) is 0 Å². The van der Waals surface area contributed by atoms with E-state index in [1.807, 2.05) is 21.8 Å². The number of nitrogens with zero attached hydrogens (tertiary/aromatic N) is 4. The minimum absolute atomic E-state index is 0.103. The van der Waals surface area contributed by atoms with Gasteiger partial charge in [0.25, 0.3) is 5.91 Å². The van der Waals surface area contributed by atoms with Crippen LogP contribution in [-0.4, -0.2) is 70.3 Å². The molecule has 6 nitrogen and oxygen atoms in total. The number of nitrogens with one attached hydrogen (secondary N) is 1. The molecule has 3 atom stereocenters. The molecule has 0 radical (unpaired) electrons. The van der Waals surface area contributed by atoms with Crippen LogP contribution in [0.4, 0.5) is 0 Å². The lowest BCUT2D eigenvalue weighted by atomic mass is 10.1. The summed E-state index contributed by atoms with van der Waals surface area (Å²) in [5, 5.41) is 8.01. The van der Waals surface area contributed by atoms with Gasteiger partial charge in [-0.15, -0.1) is 0 Å². The van der Waals surface area contributed by atoms with E-state index in [9.17, 15) is 4.79 Å². The Hall–Kier alpha value is -1.40. The van der Waals surface area contributed by atoms with Gasteiger partial charge in [-0.1, -0.05) is 0 Å². The number of aromatic nitrogens is 2. The highest BCUT2D eigenvalue weighted by Gasteiger charge is 2.37. The zero-order valence-corrected chi connectivity index (χ0v) is 13.9. The summed E-state index contributed by atoms with van der Waals surface area (Å²) in [6.07, 6.45) is 6.77. The monoisotopic (exact) mass is 317 g/mol. The molecule has 3 fully saturated rings. The van der Waals surface area contributed by atoms with Crippen molar-refractivity contribution in [2.75, 3.05) is 32.7 Å². The highest BCUT2D eigenvalue weighted by atomic mass is 16.2. The summed E-state index contributed by atoms with van der Waals surface area (Å²) in [4.78, 5) is 17.5. The predicted octanol–water partition coefficient (Wildman–Crippen LogP) is 1.12. The molecule has 3 aliphatic rings. The Labute approximate surface area is 137 Å². The molecule has 4 rings (SSSR count). The van der Waals surface area contributed by atoms with Gasteiger partial charge in [0, 0.05) is 37.9 Å². The van der Waals surface area contributed by atoms with Gasteiger partial charge in [-0.2, -0.15) is 5.10 Å². The molecule has 0 spiro atoms. The Bertz CT molecular complexity index is 565. The Balaban J connectivity index is 1.47. The molecule has 4 heterocycles. The average molecular weight is 317 g/mol. The summed E-state index contributed by atoms with van der Waals surface area (Å²) < 4.78 is 1.98. The second-order valence-corrected chi connectivity index (χ2v) is 7.28. The van der Waals surface area contributed by atoms with Gasteiger partial charge in [0.05, 0.1) is 6.04 Å². The fraction of sp³-hybridized carbons (Fsp3) is 0.765. The summed E-state index contributed by atoms with van der Waals surface area (Å²) in [6, 6.07) is 3.11. The first-order valence-corrected chi connectivity index (χ1v) is 9.03. The minimum atomic E-state index is 0.103. The van der Waals surface area contributed by atoms with E-state index in [-0.39, 0.29) is 11.9 Å². The Morgan fingerprint density at radius 3 is 2.96 bits per heavy atom. The van der Waals surface area contributed by atoms with Gasteiger partial charge in [-0.3, -0.25) is 14.4 Å². The number of carbonyl (C=O) groups excluding carboxylic acids is 1. The highest BCUT2D eigenvalue weighted by Crippen LogP contribution is 2.25. The fourth-order valence-electron chi connectivity index (χ4n) is 4.33. The zero-order valence-electron chi connectivity index (χ0n) is 13.9. The molecule has 0 aromatic carbocycles. The second-order valence-electron chi connectivity index (χ2n) is 7.28. The molecule has 1 amide bonds. The number of piperazine rings is 1. The molecule has 3 unspecified atom stereocenters. The minimum Gasteiger partial charge on any atom is -0.332 e. The SMILES string of the molecule is CC1CN2CCCC2CN1C(=O)c1ccn(C2CCCNC2)n1. The van der Waals surface area contributed by atoms with E-state index in [2.05, 4.69) is 22.2 Å². The Kier molecular flexibility index (Phi) is 4.11. The van der Waals surface area contributed by atoms with E-state index >= 15 is 0 Å². The van der Waals surface area contributed by atoms with Gasteiger partial charge in [0.2, 0.25) is 0 Å². The number of fused-ring (bicyclic) bond motifs is 1. The smallest absolute Gasteiger partial charge is 0.274 e.